The lowest BCUT2D eigenvalue weighted by Crippen LogP contribution is -2.10. The van der Waals surface area contributed by atoms with Crippen LogP contribution in [-0.2, 0) is 0 Å². The van der Waals surface area contributed by atoms with E-state index in [1.165, 1.54) is 6.07 Å². The van der Waals surface area contributed by atoms with E-state index in [0.29, 0.717) is 16.7 Å². The fourth-order valence-corrected chi connectivity index (χ4v) is 2.03. The van der Waals surface area contributed by atoms with Crippen molar-refractivity contribution in [3.63, 3.8) is 0 Å². The van der Waals surface area contributed by atoms with Crippen LogP contribution >= 0.6 is 31.9 Å². The molecule has 4 N–H and O–H groups in total. The predicted octanol–water partition coefficient (Wildman–Crippen LogP) is 3.68. The number of amides is 1. The normalized spacial score (nSPS) is 9.14. The maximum atomic E-state index is 10.7. The topological polar surface area (TPSA) is 87.2 Å². The summed E-state index contributed by atoms with van der Waals surface area (Å²) in [6.45, 7) is 0. The highest BCUT2D eigenvalue weighted by Gasteiger charge is 2.02. The quantitative estimate of drug-likeness (QED) is 0.508. The molecule has 0 unspecified atom stereocenters. The molecule has 1 amide bonds. The fraction of sp³-hybridized carbons (Fsp3) is 0. The van der Waals surface area contributed by atoms with Gasteiger partial charge in [0.25, 0.3) is 0 Å². The smallest absolute Gasteiger partial charge is 0.248 e. The maximum absolute atomic E-state index is 10.7. The molecule has 4 nitrogen and oxygen atoms in total. The molecule has 112 valence electrons. The number of phenols is 1. The second-order valence-electron chi connectivity index (χ2n) is 4.06. The monoisotopic (exact) mass is 422 g/mol. The Kier molecular flexibility index (Phi) is 6.83. The standard InChI is InChI=1S/C9H7NO.C7H5Br2NO/c1-2-7-3-4-9(11)8(5-7)6-10;8-5-2-1-4(7(10)11)3-6(5)9/h1,3-6,10-11H;1-3H,(H2,10,11). The first kappa shape index (κ1) is 18.0. The lowest BCUT2D eigenvalue weighted by Gasteiger charge is -1.97. The van der Waals surface area contributed by atoms with Crippen molar-refractivity contribution in [2.45, 2.75) is 0 Å². The number of terminal acetylenes is 1. The van der Waals surface area contributed by atoms with Crippen LogP contribution in [0.2, 0.25) is 0 Å². The summed E-state index contributed by atoms with van der Waals surface area (Å²) in [7, 11) is 0. The number of aromatic hydroxyl groups is 1. The van der Waals surface area contributed by atoms with E-state index in [1.54, 1.807) is 30.3 Å². The number of phenolic OH excluding ortho intramolecular Hbond substituents is 1. The number of carbonyl (C=O) groups excluding carboxylic acids is 1. The molecular formula is C16H12Br2N2O2. The van der Waals surface area contributed by atoms with Gasteiger partial charge in [-0.3, -0.25) is 4.79 Å². The van der Waals surface area contributed by atoms with Crippen molar-refractivity contribution in [1.82, 2.24) is 0 Å². The van der Waals surface area contributed by atoms with E-state index in [-0.39, 0.29) is 5.75 Å². The molecule has 0 bridgehead atoms. The minimum atomic E-state index is -0.418. The number of hydrogen-bond acceptors (Lipinski definition) is 3. The van der Waals surface area contributed by atoms with Gasteiger partial charge in [-0.05, 0) is 68.3 Å². The highest BCUT2D eigenvalue weighted by Crippen LogP contribution is 2.23. The maximum Gasteiger partial charge on any atom is 0.248 e. The van der Waals surface area contributed by atoms with Crippen LogP contribution in [0.4, 0.5) is 0 Å². The molecule has 22 heavy (non-hydrogen) atoms. The van der Waals surface area contributed by atoms with Gasteiger partial charge in [0.1, 0.15) is 5.75 Å². The number of primary amides is 1. The van der Waals surface area contributed by atoms with E-state index in [2.05, 4.69) is 37.8 Å². The molecular weight excluding hydrogens is 412 g/mol. The molecule has 6 heteroatoms. The van der Waals surface area contributed by atoms with Gasteiger partial charge in [0.2, 0.25) is 5.91 Å². The third kappa shape index (κ3) is 5.02. The van der Waals surface area contributed by atoms with Crippen molar-refractivity contribution in [2.24, 2.45) is 5.73 Å². The number of nitrogens with one attached hydrogen (secondary N) is 1. The van der Waals surface area contributed by atoms with E-state index >= 15 is 0 Å². The van der Waals surface area contributed by atoms with Crippen molar-refractivity contribution >= 4 is 44.0 Å². The lowest BCUT2D eigenvalue weighted by molar-refractivity contribution is 0.1000. The Labute approximate surface area is 145 Å². The zero-order valence-corrected chi connectivity index (χ0v) is 14.5. The Bertz CT molecular complexity index is 752. The number of hydrogen-bond donors (Lipinski definition) is 3. The molecule has 0 aliphatic heterocycles. The van der Waals surface area contributed by atoms with Gasteiger partial charge in [0.15, 0.2) is 0 Å². The van der Waals surface area contributed by atoms with Crippen LogP contribution in [0.15, 0.2) is 45.3 Å². The van der Waals surface area contributed by atoms with Gasteiger partial charge in [-0.1, -0.05) is 5.92 Å². The van der Waals surface area contributed by atoms with Crippen LogP contribution in [0.5, 0.6) is 5.75 Å². The lowest BCUT2D eigenvalue weighted by atomic mass is 10.1. The highest BCUT2D eigenvalue weighted by atomic mass is 79.9. The summed E-state index contributed by atoms with van der Waals surface area (Å²) in [5.74, 6) is 2.08. The van der Waals surface area contributed by atoms with Crippen molar-refractivity contribution in [1.29, 1.82) is 5.41 Å². The number of rotatable bonds is 2. The molecule has 0 aromatic heterocycles. The van der Waals surface area contributed by atoms with Gasteiger partial charge in [0.05, 0.1) is 0 Å². The first-order valence-electron chi connectivity index (χ1n) is 5.94. The average molecular weight is 424 g/mol. The van der Waals surface area contributed by atoms with Crippen LogP contribution in [0.1, 0.15) is 21.5 Å². The summed E-state index contributed by atoms with van der Waals surface area (Å²) in [5.41, 5.74) is 6.67. The molecule has 0 heterocycles. The number of halogens is 2. The van der Waals surface area contributed by atoms with Crippen molar-refractivity contribution in [2.75, 3.05) is 0 Å². The van der Waals surface area contributed by atoms with Gasteiger partial charge in [-0.25, -0.2) is 0 Å². The minimum Gasteiger partial charge on any atom is -0.507 e. The van der Waals surface area contributed by atoms with E-state index in [4.69, 9.17) is 22.7 Å². The van der Waals surface area contributed by atoms with E-state index in [1.807, 2.05) is 0 Å². The van der Waals surface area contributed by atoms with Crippen molar-refractivity contribution in [3.8, 4) is 18.1 Å². The first-order valence-corrected chi connectivity index (χ1v) is 7.52. The average Bonchev–Trinajstić information content (AvgIpc) is 2.51. The van der Waals surface area contributed by atoms with Crippen LogP contribution in [0.25, 0.3) is 0 Å². The molecule has 2 aromatic rings. The van der Waals surface area contributed by atoms with E-state index < -0.39 is 5.91 Å². The van der Waals surface area contributed by atoms with Crippen molar-refractivity contribution in [3.05, 3.63) is 62.0 Å². The van der Waals surface area contributed by atoms with Gasteiger partial charge >= 0.3 is 0 Å². The summed E-state index contributed by atoms with van der Waals surface area (Å²) >= 11 is 6.54. The molecule has 0 saturated carbocycles. The second kappa shape index (κ2) is 8.37. The zero-order chi connectivity index (χ0) is 16.7. The Morgan fingerprint density at radius 1 is 1.23 bits per heavy atom. The molecule has 0 spiro atoms. The van der Waals surface area contributed by atoms with Gasteiger partial charge in [0, 0.05) is 31.9 Å². The SMILES string of the molecule is C#Cc1ccc(O)c(C=N)c1.NC(=O)c1ccc(Br)c(Br)c1. The minimum absolute atomic E-state index is 0.0824. The predicted molar refractivity (Wildman–Crippen MR) is 94.3 cm³/mol. The largest absolute Gasteiger partial charge is 0.507 e. The molecule has 0 saturated heterocycles. The summed E-state index contributed by atoms with van der Waals surface area (Å²) in [6, 6.07) is 9.80. The molecule has 0 aliphatic carbocycles. The van der Waals surface area contributed by atoms with Crippen LogP contribution in [-0.4, -0.2) is 17.2 Å². The van der Waals surface area contributed by atoms with Crippen molar-refractivity contribution < 1.29 is 9.90 Å². The Morgan fingerprint density at radius 2 is 1.91 bits per heavy atom. The number of carbonyl (C=O) groups is 1. The number of benzene rings is 2. The molecule has 2 aromatic carbocycles. The third-order valence-electron chi connectivity index (χ3n) is 2.55. The first-order chi connectivity index (χ1) is 10.4. The fourth-order valence-electron chi connectivity index (χ4n) is 1.41. The van der Waals surface area contributed by atoms with Gasteiger partial charge in [-0.15, -0.1) is 6.42 Å². The Morgan fingerprint density at radius 3 is 2.41 bits per heavy atom. The molecule has 0 fully saturated rings. The summed E-state index contributed by atoms with van der Waals surface area (Å²) in [4.78, 5) is 10.7. The molecule has 0 atom stereocenters. The summed E-state index contributed by atoms with van der Waals surface area (Å²) in [6.07, 6.45) is 6.18. The van der Waals surface area contributed by atoms with E-state index in [9.17, 15) is 4.79 Å². The Hall–Kier alpha value is -2.10. The van der Waals surface area contributed by atoms with Crippen LogP contribution in [0, 0.1) is 17.8 Å². The number of nitrogens with two attached hydrogens (primary N) is 1. The molecule has 0 radical (unpaired) electrons. The molecule has 0 aliphatic rings. The van der Waals surface area contributed by atoms with Crippen LogP contribution in [0.3, 0.4) is 0 Å². The van der Waals surface area contributed by atoms with Crippen LogP contribution < -0.4 is 5.73 Å². The zero-order valence-electron chi connectivity index (χ0n) is 11.3. The summed E-state index contributed by atoms with van der Waals surface area (Å²) in [5, 5.41) is 16.0. The van der Waals surface area contributed by atoms with Gasteiger partial charge in [-0.2, -0.15) is 0 Å². The van der Waals surface area contributed by atoms with Gasteiger partial charge < -0.3 is 16.2 Å². The molecule has 2 rings (SSSR count). The summed E-state index contributed by atoms with van der Waals surface area (Å²) < 4.78 is 1.73. The van der Waals surface area contributed by atoms with E-state index in [0.717, 1.165) is 15.2 Å². The third-order valence-corrected chi connectivity index (χ3v) is 4.43. The Balaban J connectivity index is 0.000000220. The second-order valence-corrected chi connectivity index (χ2v) is 5.76. The highest BCUT2D eigenvalue weighted by molar-refractivity contribution is 9.13.